The molecular weight excluding hydrogens is 248 g/mol. The van der Waals surface area contributed by atoms with Gasteiger partial charge in [0.05, 0.1) is 5.52 Å². The minimum Gasteiger partial charge on any atom is -0.335 e. The molecule has 0 saturated heterocycles. The fraction of sp³-hybridized carbons (Fsp3) is 0.333. The van der Waals surface area contributed by atoms with Gasteiger partial charge >= 0.3 is 6.18 Å². The molecule has 0 radical (unpaired) electrons. The molecule has 98 valence electrons. The van der Waals surface area contributed by atoms with E-state index < -0.39 is 18.0 Å². The van der Waals surface area contributed by atoms with Crippen molar-refractivity contribution in [3.8, 4) is 0 Å². The average molecular weight is 260 g/mol. The second-order valence-electron chi connectivity index (χ2n) is 4.06. The van der Waals surface area contributed by atoms with E-state index in [2.05, 4.69) is 0 Å². The first-order valence-corrected chi connectivity index (χ1v) is 5.46. The monoisotopic (exact) mass is 260 g/mol. The maximum Gasteiger partial charge on any atom is 0.409 e. The molecule has 1 heterocycles. The summed E-state index contributed by atoms with van der Waals surface area (Å²) in [4.78, 5) is 0. The highest BCUT2D eigenvalue weighted by Gasteiger charge is 2.40. The van der Waals surface area contributed by atoms with Crippen LogP contribution in [0.3, 0.4) is 0 Å². The SMILES string of the molecule is NCCC(n1ccc2ccc(F)cc21)C(F)(F)F. The summed E-state index contributed by atoms with van der Waals surface area (Å²) >= 11 is 0. The van der Waals surface area contributed by atoms with Crippen molar-refractivity contribution >= 4 is 10.9 Å². The van der Waals surface area contributed by atoms with Gasteiger partial charge in [-0.15, -0.1) is 0 Å². The van der Waals surface area contributed by atoms with Crippen molar-refractivity contribution in [3.05, 3.63) is 36.3 Å². The molecule has 2 N–H and O–H groups in total. The van der Waals surface area contributed by atoms with Gasteiger partial charge in [-0.1, -0.05) is 0 Å². The largest absolute Gasteiger partial charge is 0.409 e. The topological polar surface area (TPSA) is 30.9 Å². The lowest BCUT2D eigenvalue weighted by Crippen LogP contribution is -2.28. The zero-order chi connectivity index (χ0) is 13.3. The van der Waals surface area contributed by atoms with E-state index in [-0.39, 0.29) is 18.5 Å². The van der Waals surface area contributed by atoms with Crippen molar-refractivity contribution in [3.63, 3.8) is 0 Å². The van der Waals surface area contributed by atoms with Crippen LogP contribution in [0, 0.1) is 5.82 Å². The first kappa shape index (κ1) is 12.9. The van der Waals surface area contributed by atoms with Crippen LogP contribution in [-0.2, 0) is 0 Å². The standard InChI is InChI=1S/C12H12F4N2/c13-9-2-1-8-4-6-18(10(8)7-9)11(3-5-17)12(14,15)16/h1-2,4,6-7,11H,3,5,17H2. The van der Waals surface area contributed by atoms with Crippen LogP contribution < -0.4 is 5.73 Å². The van der Waals surface area contributed by atoms with Gasteiger partial charge in [0.15, 0.2) is 0 Å². The second-order valence-corrected chi connectivity index (χ2v) is 4.06. The summed E-state index contributed by atoms with van der Waals surface area (Å²) in [5.74, 6) is -0.559. The Morgan fingerprint density at radius 2 is 1.94 bits per heavy atom. The Bertz CT molecular complexity index is 544. The number of aromatic nitrogens is 1. The fourth-order valence-corrected chi connectivity index (χ4v) is 2.01. The summed E-state index contributed by atoms with van der Waals surface area (Å²) < 4.78 is 52.9. The number of nitrogens with two attached hydrogens (primary N) is 1. The van der Waals surface area contributed by atoms with Crippen LogP contribution >= 0.6 is 0 Å². The fourth-order valence-electron chi connectivity index (χ4n) is 2.01. The van der Waals surface area contributed by atoms with E-state index >= 15 is 0 Å². The van der Waals surface area contributed by atoms with Gasteiger partial charge in [-0.2, -0.15) is 13.2 Å². The molecule has 0 aliphatic carbocycles. The molecule has 1 unspecified atom stereocenters. The average Bonchev–Trinajstić information content (AvgIpc) is 2.67. The van der Waals surface area contributed by atoms with Gasteiger partial charge in [0, 0.05) is 6.20 Å². The molecule has 0 aliphatic heterocycles. The molecule has 2 rings (SSSR count). The van der Waals surface area contributed by atoms with Crippen LogP contribution in [0.2, 0.25) is 0 Å². The molecule has 0 spiro atoms. The number of halogens is 4. The predicted octanol–water partition coefficient (Wildman–Crippen LogP) is 3.23. The number of alkyl halides is 3. The summed E-state index contributed by atoms with van der Waals surface area (Å²) in [6, 6.07) is 3.59. The highest BCUT2D eigenvalue weighted by molar-refractivity contribution is 5.80. The van der Waals surface area contributed by atoms with E-state index in [1.807, 2.05) is 0 Å². The van der Waals surface area contributed by atoms with Crippen LogP contribution in [-0.4, -0.2) is 17.3 Å². The molecule has 1 atom stereocenters. The maximum absolute atomic E-state index is 13.1. The number of hydrogen-bond donors (Lipinski definition) is 1. The van der Waals surface area contributed by atoms with Crippen LogP contribution in [0.1, 0.15) is 12.5 Å². The van der Waals surface area contributed by atoms with E-state index in [4.69, 9.17) is 5.73 Å². The molecule has 0 amide bonds. The van der Waals surface area contributed by atoms with Gasteiger partial charge in [-0.3, -0.25) is 0 Å². The van der Waals surface area contributed by atoms with Crippen LogP contribution in [0.15, 0.2) is 30.5 Å². The molecule has 2 nitrogen and oxygen atoms in total. The van der Waals surface area contributed by atoms with Gasteiger partial charge in [0.2, 0.25) is 0 Å². The van der Waals surface area contributed by atoms with Gasteiger partial charge in [0.25, 0.3) is 0 Å². The van der Waals surface area contributed by atoms with E-state index in [1.54, 1.807) is 0 Å². The predicted molar refractivity (Wildman–Crippen MR) is 60.7 cm³/mol. The van der Waals surface area contributed by atoms with Crippen molar-refractivity contribution in [2.45, 2.75) is 18.6 Å². The molecule has 6 heteroatoms. The zero-order valence-electron chi connectivity index (χ0n) is 9.41. The van der Waals surface area contributed by atoms with Crippen molar-refractivity contribution in [2.75, 3.05) is 6.54 Å². The number of hydrogen-bond acceptors (Lipinski definition) is 1. The Morgan fingerprint density at radius 1 is 1.22 bits per heavy atom. The third-order valence-corrected chi connectivity index (χ3v) is 2.84. The molecule has 18 heavy (non-hydrogen) atoms. The van der Waals surface area contributed by atoms with Gasteiger partial charge in [-0.05, 0) is 42.6 Å². The quantitative estimate of drug-likeness (QED) is 0.844. The summed E-state index contributed by atoms with van der Waals surface area (Å²) in [6.45, 7) is -0.0842. The van der Waals surface area contributed by atoms with Crippen molar-refractivity contribution in [1.29, 1.82) is 0 Å². The highest BCUT2D eigenvalue weighted by Crippen LogP contribution is 2.35. The summed E-state index contributed by atoms with van der Waals surface area (Å²) in [6.07, 6.45) is -3.32. The lowest BCUT2D eigenvalue weighted by molar-refractivity contribution is -0.167. The zero-order valence-corrected chi connectivity index (χ0v) is 9.41. The molecule has 0 bridgehead atoms. The molecular formula is C12H12F4N2. The molecule has 0 fully saturated rings. The summed E-state index contributed by atoms with van der Waals surface area (Å²) in [7, 11) is 0. The van der Waals surface area contributed by atoms with Crippen molar-refractivity contribution in [2.24, 2.45) is 5.73 Å². The van der Waals surface area contributed by atoms with E-state index in [0.717, 1.165) is 10.6 Å². The molecule has 0 aliphatic rings. The number of fused-ring (bicyclic) bond motifs is 1. The van der Waals surface area contributed by atoms with Gasteiger partial charge in [0.1, 0.15) is 11.9 Å². The van der Waals surface area contributed by atoms with Crippen LogP contribution in [0.5, 0.6) is 0 Å². The Balaban J connectivity index is 2.54. The Hall–Kier alpha value is -1.56. The first-order valence-electron chi connectivity index (χ1n) is 5.46. The van der Waals surface area contributed by atoms with E-state index in [1.165, 1.54) is 24.4 Å². The number of rotatable bonds is 3. The maximum atomic E-state index is 13.1. The molecule has 0 saturated carbocycles. The minimum absolute atomic E-state index is 0.0842. The number of benzene rings is 1. The van der Waals surface area contributed by atoms with Crippen LogP contribution in [0.4, 0.5) is 17.6 Å². The third kappa shape index (κ3) is 2.33. The van der Waals surface area contributed by atoms with Crippen molar-refractivity contribution < 1.29 is 17.6 Å². The van der Waals surface area contributed by atoms with Crippen molar-refractivity contribution in [1.82, 2.24) is 4.57 Å². The molecule has 2 aromatic rings. The summed E-state index contributed by atoms with van der Waals surface area (Å²) in [5.41, 5.74) is 5.45. The Morgan fingerprint density at radius 3 is 2.56 bits per heavy atom. The summed E-state index contributed by atoms with van der Waals surface area (Å²) in [5, 5.41) is 0.572. The Kier molecular flexibility index (Phi) is 3.30. The van der Waals surface area contributed by atoms with Gasteiger partial charge < -0.3 is 10.3 Å². The molecule has 1 aromatic heterocycles. The Labute approximate surface area is 101 Å². The van der Waals surface area contributed by atoms with E-state index in [0.29, 0.717) is 5.39 Å². The number of nitrogens with zero attached hydrogens (tertiary/aromatic N) is 1. The highest BCUT2D eigenvalue weighted by atomic mass is 19.4. The lowest BCUT2D eigenvalue weighted by Gasteiger charge is -2.22. The normalized spacial score (nSPS) is 14.1. The molecule has 1 aromatic carbocycles. The smallest absolute Gasteiger partial charge is 0.335 e. The second kappa shape index (κ2) is 4.61. The van der Waals surface area contributed by atoms with Crippen LogP contribution in [0.25, 0.3) is 10.9 Å². The minimum atomic E-state index is -4.41. The third-order valence-electron chi connectivity index (χ3n) is 2.84. The first-order chi connectivity index (χ1) is 8.43. The lowest BCUT2D eigenvalue weighted by atomic mass is 10.2. The van der Waals surface area contributed by atoms with Gasteiger partial charge in [-0.25, -0.2) is 4.39 Å². The van der Waals surface area contributed by atoms with E-state index in [9.17, 15) is 17.6 Å².